The molecule has 0 saturated carbocycles. The minimum absolute atomic E-state index is 0.132. The molecular weight excluding hydrogens is 212 g/mol. The van der Waals surface area contributed by atoms with Gasteiger partial charge in [0.15, 0.2) is 0 Å². The molecule has 0 radical (unpaired) electrons. The number of hydrogen-bond donors (Lipinski definition) is 1. The van der Waals surface area contributed by atoms with Gasteiger partial charge in [0.05, 0.1) is 0 Å². The number of aryl methyl sites for hydroxylation is 1. The molecule has 1 aliphatic rings. The van der Waals surface area contributed by atoms with Crippen LogP contribution in [-0.4, -0.2) is 10.7 Å². The number of nitrogens with one attached hydrogen (secondary N) is 1. The summed E-state index contributed by atoms with van der Waals surface area (Å²) in [6.07, 6.45) is 7.40. The van der Waals surface area contributed by atoms with E-state index in [1.807, 2.05) is 0 Å². The van der Waals surface area contributed by atoms with Gasteiger partial charge in [-0.05, 0) is 40.0 Å². The molecule has 0 aliphatic heterocycles. The summed E-state index contributed by atoms with van der Waals surface area (Å²) >= 11 is 0. The van der Waals surface area contributed by atoms with Crippen molar-refractivity contribution in [2.24, 2.45) is 0 Å². The normalized spacial score (nSPS) is 17.4. The largest absolute Gasteiger partial charge is 0.361 e. The van der Waals surface area contributed by atoms with Crippen molar-refractivity contribution in [3.63, 3.8) is 0 Å². The molecule has 0 amide bonds. The molecule has 0 spiro atoms. The van der Waals surface area contributed by atoms with E-state index in [2.05, 4.69) is 31.2 Å². The summed E-state index contributed by atoms with van der Waals surface area (Å²) < 4.78 is 5.50. The maximum Gasteiger partial charge on any atom is 0.140 e. The Labute approximate surface area is 104 Å². The lowest BCUT2D eigenvalue weighted by Gasteiger charge is -2.20. The predicted octanol–water partition coefficient (Wildman–Crippen LogP) is 3.22. The smallest absolute Gasteiger partial charge is 0.140 e. The summed E-state index contributed by atoms with van der Waals surface area (Å²) in [5.41, 5.74) is 2.63. The van der Waals surface area contributed by atoms with Crippen LogP contribution in [0, 0.1) is 0 Å². The SMILES string of the molecule is CC(C)(C)NCc1noc2c1CCCCCC2. The van der Waals surface area contributed by atoms with Gasteiger partial charge in [0.2, 0.25) is 0 Å². The van der Waals surface area contributed by atoms with E-state index in [9.17, 15) is 0 Å². The van der Waals surface area contributed by atoms with Gasteiger partial charge in [0.25, 0.3) is 0 Å². The maximum atomic E-state index is 5.50. The predicted molar refractivity (Wildman–Crippen MR) is 69.0 cm³/mol. The molecule has 1 N–H and O–H groups in total. The minimum atomic E-state index is 0.132. The third-order valence-corrected chi connectivity index (χ3v) is 3.32. The molecule has 2 rings (SSSR count). The number of rotatable bonds is 2. The lowest BCUT2D eigenvalue weighted by molar-refractivity contribution is 0.360. The van der Waals surface area contributed by atoms with Crippen molar-refractivity contribution in [1.29, 1.82) is 0 Å². The Morgan fingerprint density at radius 2 is 1.82 bits per heavy atom. The van der Waals surface area contributed by atoms with Crippen LogP contribution in [0.2, 0.25) is 0 Å². The van der Waals surface area contributed by atoms with Crippen LogP contribution in [0.1, 0.15) is 63.5 Å². The van der Waals surface area contributed by atoms with Gasteiger partial charge in [-0.25, -0.2) is 0 Å². The lowest BCUT2D eigenvalue weighted by Crippen LogP contribution is -2.35. The molecule has 1 aliphatic carbocycles. The third kappa shape index (κ3) is 3.56. The molecule has 1 aromatic heterocycles. The highest BCUT2D eigenvalue weighted by atomic mass is 16.5. The van der Waals surface area contributed by atoms with Gasteiger partial charge < -0.3 is 9.84 Å². The molecule has 0 aromatic carbocycles. The number of fused-ring (bicyclic) bond motifs is 1. The van der Waals surface area contributed by atoms with Crippen molar-refractivity contribution in [3.05, 3.63) is 17.0 Å². The van der Waals surface area contributed by atoms with Gasteiger partial charge in [0, 0.05) is 24.1 Å². The zero-order valence-corrected chi connectivity index (χ0v) is 11.3. The number of hydrogen-bond acceptors (Lipinski definition) is 3. The molecule has 3 heteroatoms. The van der Waals surface area contributed by atoms with Gasteiger partial charge in [-0.15, -0.1) is 0 Å². The minimum Gasteiger partial charge on any atom is -0.361 e. The molecule has 3 nitrogen and oxygen atoms in total. The standard InChI is InChI=1S/C14H24N2O/c1-14(2,3)15-10-12-11-8-6-4-5-7-9-13(11)17-16-12/h15H,4-10H2,1-3H3. The molecular formula is C14H24N2O. The first kappa shape index (κ1) is 12.6. The van der Waals surface area contributed by atoms with Crippen molar-refractivity contribution in [2.45, 2.75) is 71.4 Å². The second-order valence-corrected chi connectivity index (χ2v) is 6.05. The number of nitrogens with zero attached hydrogens (tertiary/aromatic N) is 1. The Morgan fingerprint density at radius 1 is 1.12 bits per heavy atom. The fourth-order valence-corrected chi connectivity index (χ4v) is 2.29. The first-order chi connectivity index (χ1) is 8.06. The Bertz CT molecular complexity index is 363. The van der Waals surface area contributed by atoms with Crippen LogP contribution in [0.5, 0.6) is 0 Å². The summed E-state index contributed by atoms with van der Waals surface area (Å²) in [7, 11) is 0. The van der Waals surface area contributed by atoms with Crippen LogP contribution in [0.3, 0.4) is 0 Å². The van der Waals surface area contributed by atoms with E-state index in [-0.39, 0.29) is 5.54 Å². The summed E-state index contributed by atoms with van der Waals surface area (Å²) in [6.45, 7) is 7.35. The summed E-state index contributed by atoms with van der Waals surface area (Å²) in [4.78, 5) is 0. The second-order valence-electron chi connectivity index (χ2n) is 6.05. The molecule has 0 unspecified atom stereocenters. The van der Waals surface area contributed by atoms with E-state index in [1.54, 1.807) is 0 Å². The average molecular weight is 236 g/mol. The Kier molecular flexibility index (Phi) is 3.87. The molecule has 0 saturated heterocycles. The highest BCUT2D eigenvalue weighted by Gasteiger charge is 2.18. The van der Waals surface area contributed by atoms with Gasteiger partial charge >= 0.3 is 0 Å². The molecule has 0 bridgehead atoms. The zero-order valence-electron chi connectivity index (χ0n) is 11.3. The summed E-state index contributed by atoms with van der Waals surface area (Å²) in [6, 6.07) is 0. The van der Waals surface area contributed by atoms with E-state index >= 15 is 0 Å². The molecule has 17 heavy (non-hydrogen) atoms. The summed E-state index contributed by atoms with van der Waals surface area (Å²) in [5, 5.41) is 7.73. The van der Waals surface area contributed by atoms with Gasteiger partial charge in [-0.3, -0.25) is 0 Å². The summed E-state index contributed by atoms with van der Waals surface area (Å²) in [5.74, 6) is 1.13. The van der Waals surface area contributed by atoms with Crippen molar-refractivity contribution in [1.82, 2.24) is 10.5 Å². The lowest BCUT2D eigenvalue weighted by atomic mass is 9.97. The monoisotopic (exact) mass is 236 g/mol. The van der Waals surface area contributed by atoms with E-state index in [0.29, 0.717) is 0 Å². The van der Waals surface area contributed by atoms with Crippen molar-refractivity contribution in [3.8, 4) is 0 Å². The highest BCUT2D eigenvalue weighted by molar-refractivity contribution is 5.24. The third-order valence-electron chi connectivity index (χ3n) is 3.32. The topological polar surface area (TPSA) is 38.1 Å². The van der Waals surface area contributed by atoms with Crippen molar-refractivity contribution in [2.75, 3.05) is 0 Å². The molecule has 96 valence electrons. The van der Waals surface area contributed by atoms with Crippen LogP contribution in [0.15, 0.2) is 4.52 Å². The second kappa shape index (κ2) is 5.21. The van der Waals surface area contributed by atoms with Crippen LogP contribution in [0.4, 0.5) is 0 Å². The van der Waals surface area contributed by atoms with Gasteiger partial charge in [0.1, 0.15) is 11.5 Å². The van der Waals surface area contributed by atoms with E-state index < -0.39 is 0 Å². The Morgan fingerprint density at radius 3 is 2.53 bits per heavy atom. The molecule has 0 fully saturated rings. The van der Waals surface area contributed by atoms with Gasteiger partial charge in [-0.1, -0.05) is 18.0 Å². The van der Waals surface area contributed by atoms with E-state index in [0.717, 1.165) is 30.8 Å². The van der Waals surface area contributed by atoms with Crippen molar-refractivity contribution >= 4 is 0 Å². The van der Waals surface area contributed by atoms with Crippen molar-refractivity contribution < 1.29 is 4.52 Å². The van der Waals surface area contributed by atoms with Crippen LogP contribution >= 0.6 is 0 Å². The highest BCUT2D eigenvalue weighted by Crippen LogP contribution is 2.23. The van der Waals surface area contributed by atoms with Crippen LogP contribution in [-0.2, 0) is 19.4 Å². The fraction of sp³-hybridized carbons (Fsp3) is 0.786. The average Bonchev–Trinajstić information content (AvgIpc) is 2.55. The van der Waals surface area contributed by atoms with Crippen LogP contribution in [0.25, 0.3) is 0 Å². The van der Waals surface area contributed by atoms with E-state index in [1.165, 1.54) is 31.2 Å². The maximum absolute atomic E-state index is 5.50. The molecule has 1 aromatic rings. The first-order valence-corrected chi connectivity index (χ1v) is 6.77. The molecule has 1 heterocycles. The zero-order chi connectivity index (χ0) is 12.3. The Hall–Kier alpha value is -0.830. The first-order valence-electron chi connectivity index (χ1n) is 6.77. The van der Waals surface area contributed by atoms with Crippen LogP contribution < -0.4 is 5.32 Å². The van der Waals surface area contributed by atoms with E-state index in [4.69, 9.17) is 4.52 Å². The number of aromatic nitrogens is 1. The Balaban J connectivity index is 2.07. The molecule has 0 atom stereocenters. The quantitative estimate of drug-likeness (QED) is 0.856. The fourth-order valence-electron chi connectivity index (χ4n) is 2.29. The van der Waals surface area contributed by atoms with Gasteiger partial charge in [-0.2, -0.15) is 0 Å².